The summed E-state index contributed by atoms with van der Waals surface area (Å²) in [6.07, 6.45) is 0.875. The summed E-state index contributed by atoms with van der Waals surface area (Å²) >= 11 is 3.97. The van der Waals surface area contributed by atoms with E-state index in [1.165, 1.54) is 17.1 Å². The lowest BCUT2D eigenvalue weighted by Gasteiger charge is -2.13. The van der Waals surface area contributed by atoms with Crippen LogP contribution in [-0.4, -0.2) is 17.4 Å². The molecule has 1 aromatic rings. The molecule has 0 radical (unpaired) electrons. The molecule has 1 heterocycles. The number of hydrogen-bond donors (Lipinski definition) is 1. The number of nitrogens with one attached hydrogen (secondary N) is 1. The molecule has 98 valence electrons. The first-order chi connectivity index (χ1) is 8.70. The highest BCUT2D eigenvalue weighted by atomic mass is 32.2. The SMILES string of the molecule is CC[C@H](C)C(=O)Nc1cccc(C2SCCS2)c1. The van der Waals surface area contributed by atoms with Crippen molar-refractivity contribution in [1.82, 2.24) is 0 Å². The van der Waals surface area contributed by atoms with E-state index in [-0.39, 0.29) is 11.8 Å². The minimum atomic E-state index is 0.0730. The van der Waals surface area contributed by atoms with E-state index in [9.17, 15) is 4.79 Å². The molecule has 2 nitrogen and oxygen atoms in total. The molecule has 0 bridgehead atoms. The van der Waals surface area contributed by atoms with Crippen molar-refractivity contribution in [1.29, 1.82) is 0 Å². The average Bonchev–Trinajstić information content (AvgIpc) is 2.92. The second-order valence-corrected chi connectivity index (χ2v) is 7.22. The second-order valence-electron chi connectivity index (χ2n) is 4.50. The van der Waals surface area contributed by atoms with Gasteiger partial charge in [-0.25, -0.2) is 0 Å². The van der Waals surface area contributed by atoms with Gasteiger partial charge in [0.05, 0.1) is 4.58 Å². The fourth-order valence-corrected chi connectivity index (χ4v) is 4.60. The normalized spacial score (nSPS) is 17.7. The van der Waals surface area contributed by atoms with E-state index < -0.39 is 0 Å². The van der Waals surface area contributed by atoms with Crippen molar-refractivity contribution in [3.63, 3.8) is 0 Å². The summed E-state index contributed by atoms with van der Waals surface area (Å²) in [7, 11) is 0. The van der Waals surface area contributed by atoms with E-state index >= 15 is 0 Å². The molecular formula is C14H19NOS2. The number of carbonyl (C=O) groups is 1. The van der Waals surface area contributed by atoms with Gasteiger partial charge in [-0.1, -0.05) is 26.0 Å². The van der Waals surface area contributed by atoms with E-state index in [4.69, 9.17) is 0 Å². The number of anilines is 1. The number of amides is 1. The third kappa shape index (κ3) is 3.45. The molecule has 18 heavy (non-hydrogen) atoms. The summed E-state index contributed by atoms with van der Waals surface area (Å²) in [5.41, 5.74) is 2.23. The van der Waals surface area contributed by atoms with Gasteiger partial charge in [0, 0.05) is 23.1 Å². The summed E-state index contributed by atoms with van der Waals surface area (Å²) in [6.45, 7) is 3.99. The zero-order chi connectivity index (χ0) is 13.0. The maximum atomic E-state index is 11.9. The monoisotopic (exact) mass is 281 g/mol. The molecule has 1 aromatic carbocycles. The van der Waals surface area contributed by atoms with E-state index in [0.29, 0.717) is 4.58 Å². The lowest BCUT2D eigenvalue weighted by Crippen LogP contribution is -2.19. The standard InChI is InChI=1S/C14H19NOS2/c1-3-10(2)13(16)15-12-6-4-5-11(9-12)14-17-7-8-18-14/h4-6,9-10,14H,3,7-8H2,1-2H3,(H,15,16)/t10-/m0/s1. The van der Waals surface area contributed by atoms with Crippen LogP contribution in [0.4, 0.5) is 5.69 Å². The van der Waals surface area contributed by atoms with Crippen molar-refractivity contribution in [3.8, 4) is 0 Å². The Morgan fingerprint density at radius 3 is 2.83 bits per heavy atom. The molecule has 0 aliphatic carbocycles. The van der Waals surface area contributed by atoms with Gasteiger partial charge in [0.25, 0.3) is 0 Å². The van der Waals surface area contributed by atoms with Crippen molar-refractivity contribution in [2.45, 2.75) is 24.9 Å². The fourth-order valence-electron chi connectivity index (χ4n) is 1.76. The Labute approximate surface area is 117 Å². The highest BCUT2D eigenvalue weighted by Gasteiger charge is 2.18. The highest BCUT2D eigenvalue weighted by molar-refractivity contribution is 8.19. The molecule has 4 heteroatoms. The lowest BCUT2D eigenvalue weighted by atomic mass is 10.1. The maximum Gasteiger partial charge on any atom is 0.227 e. The number of thioether (sulfide) groups is 2. The van der Waals surface area contributed by atoms with Crippen molar-refractivity contribution in [2.24, 2.45) is 5.92 Å². The zero-order valence-electron chi connectivity index (χ0n) is 10.8. The van der Waals surface area contributed by atoms with Gasteiger partial charge in [-0.3, -0.25) is 4.79 Å². The van der Waals surface area contributed by atoms with Gasteiger partial charge in [0.15, 0.2) is 0 Å². The van der Waals surface area contributed by atoms with E-state index in [1.54, 1.807) is 0 Å². The van der Waals surface area contributed by atoms with Gasteiger partial charge in [-0.05, 0) is 24.1 Å². The Morgan fingerprint density at radius 1 is 1.44 bits per heavy atom. The average molecular weight is 281 g/mol. The summed E-state index contributed by atoms with van der Waals surface area (Å²) < 4.78 is 0.533. The number of benzene rings is 1. The maximum absolute atomic E-state index is 11.9. The minimum Gasteiger partial charge on any atom is -0.326 e. The van der Waals surface area contributed by atoms with Crippen LogP contribution in [0.25, 0.3) is 0 Å². The molecular weight excluding hydrogens is 262 g/mol. The summed E-state index contributed by atoms with van der Waals surface area (Å²) in [4.78, 5) is 11.9. The van der Waals surface area contributed by atoms with Gasteiger partial charge in [-0.2, -0.15) is 0 Å². The van der Waals surface area contributed by atoms with Gasteiger partial charge < -0.3 is 5.32 Å². The van der Waals surface area contributed by atoms with Crippen LogP contribution in [0, 0.1) is 5.92 Å². The first kappa shape index (κ1) is 13.8. The Kier molecular flexibility index (Phi) is 5.01. The van der Waals surface area contributed by atoms with Crippen LogP contribution in [0.2, 0.25) is 0 Å². The highest BCUT2D eigenvalue weighted by Crippen LogP contribution is 2.45. The molecule has 0 aromatic heterocycles. The molecule has 1 aliphatic heterocycles. The zero-order valence-corrected chi connectivity index (χ0v) is 12.4. The third-order valence-electron chi connectivity index (χ3n) is 3.11. The predicted octanol–water partition coefficient (Wildman–Crippen LogP) is 4.15. The smallest absolute Gasteiger partial charge is 0.227 e. The summed E-state index contributed by atoms with van der Waals surface area (Å²) in [5, 5.41) is 3.00. The van der Waals surface area contributed by atoms with Gasteiger partial charge >= 0.3 is 0 Å². The van der Waals surface area contributed by atoms with Crippen molar-refractivity contribution in [3.05, 3.63) is 29.8 Å². The number of hydrogen-bond acceptors (Lipinski definition) is 3. The molecule has 1 amide bonds. The molecule has 0 unspecified atom stereocenters. The third-order valence-corrected chi connectivity index (χ3v) is 6.21. The van der Waals surface area contributed by atoms with Crippen molar-refractivity contribution in [2.75, 3.05) is 16.8 Å². The van der Waals surface area contributed by atoms with Crippen LogP contribution in [-0.2, 0) is 4.79 Å². The van der Waals surface area contributed by atoms with Crippen LogP contribution >= 0.6 is 23.5 Å². The second kappa shape index (κ2) is 6.53. The topological polar surface area (TPSA) is 29.1 Å². The molecule has 1 saturated heterocycles. The fraction of sp³-hybridized carbons (Fsp3) is 0.500. The van der Waals surface area contributed by atoms with Crippen molar-refractivity contribution >= 4 is 35.1 Å². The molecule has 0 spiro atoms. The van der Waals surface area contributed by atoms with Gasteiger partial charge in [-0.15, -0.1) is 23.5 Å². The number of rotatable bonds is 4. The Morgan fingerprint density at radius 2 is 2.17 bits per heavy atom. The van der Waals surface area contributed by atoms with Crippen molar-refractivity contribution < 1.29 is 4.79 Å². The minimum absolute atomic E-state index is 0.0730. The summed E-state index contributed by atoms with van der Waals surface area (Å²) in [5.74, 6) is 2.63. The number of carbonyl (C=O) groups excluding carboxylic acids is 1. The Balaban J connectivity index is 2.05. The van der Waals surface area contributed by atoms with Crippen LogP contribution in [0.15, 0.2) is 24.3 Å². The Bertz CT molecular complexity index is 416. The van der Waals surface area contributed by atoms with Gasteiger partial charge in [0.2, 0.25) is 5.91 Å². The largest absolute Gasteiger partial charge is 0.326 e. The summed E-state index contributed by atoms with van der Waals surface area (Å²) in [6, 6.07) is 8.25. The van der Waals surface area contributed by atoms with E-state index in [1.807, 2.05) is 49.5 Å². The molecule has 1 N–H and O–H groups in total. The Hall–Kier alpha value is -0.610. The van der Waals surface area contributed by atoms with Crippen LogP contribution in [0.5, 0.6) is 0 Å². The molecule has 1 atom stereocenters. The molecule has 0 saturated carbocycles. The van der Waals surface area contributed by atoms with Crippen LogP contribution < -0.4 is 5.32 Å². The molecule has 1 fully saturated rings. The first-order valence-electron chi connectivity index (χ1n) is 6.34. The molecule has 1 aliphatic rings. The lowest BCUT2D eigenvalue weighted by molar-refractivity contribution is -0.119. The van der Waals surface area contributed by atoms with E-state index in [0.717, 1.165) is 12.1 Å². The molecule has 2 rings (SSSR count). The van der Waals surface area contributed by atoms with Crippen LogP contribution in [0.3, 0.4) is 0 Å². The van der Waals surface area contributed by atoms with E-state index in [2.05, 4.69) is 17.4 Å². The van der Waals surface area contributed by atoms with Crippen LogP contribution in [0.1, 0.15) is 30.4 Å². The first-order valence-corrected chi connectivity index (χ1v) is 8.44. The predicted molar refractivity (Wildman–Crippen MR) is 82.2 cm³/mol. The quantitative estimate of drug-likeness (QED) is 0.899. The van der Waals surface area contributed by atoms with Gasteiger partial charge in [0.1, 0.15) is 0 Å².